The molecule has 0 heterocycles. The quantitative estimate of drug-likeness (QED) is 0.912. The molecule has 0 unspecified atom stereocenters. The highest BCUT2D eigenvalue weighted by atomic mass is 14.9. The van der Waals surface area contributed by atoms with Crippen molar-refractivity contribution in [2.75, 3.05) is 0 Å². The first-order chi connectivity index (χ1) is 10.8. The maximum Gasteiger partial charge on any atom is 0.0991 e. The summed E-state index contributed by atoms with van der Waals surface area (Å²) in [4.78, 5) is 0. The molecule has 2 heteroatoms. The van der Waals surface area contributed by atoms with Crippen LogP contribution >= 0.6 is 0 Å². The highest BCUT2D eigenvalue weighted by molar-refractivity contribution is 5.35. The second-order valence-corrected chi connectivity index (χ2v) is 6.15. The molecule has 112 valence electrons. The van der Waals surface area contributed by atoms with Gasteiger partial charge in [-0.05, 0) is 67.0 Å². The Morgan fingerprint density at radius 3 is 2.73 bits per heavy atom. The van der Waals surface area contributed by atoms with E-state index in [1.54, 1.807) is 0 Å². The first kappa shape index (κ1) is 14.8. The largest absolute Gasteiger partial charge is 0.306 e. The number of hydrogen-bond acceptors (Lipinski definition) is 2. The maximum absolute atomic E-state index is 8.96. The molecule has 2 aromatic carbocycles. The van der Waals surface area contributed by atoms with Gasteiger partial charge in [0.15, 0.2) is 0 Å². The summed E-state index contributed by atoms with van der Waals surface area (Å²) in [6.45, 7) is 2.99. The molecule has 2 nitrogen and oxygen atoms in total. The third-order valence-corrected chi connectivity index (χ3v) is 4.54. The third kappa shape index (κ3) is 3.37. The molecular weight excluding hydrogens is 268 g/mol. The first-order valence-corrected chi connectivity index (χ1v) is 8.10. The van der Waals surface area contributed by atoms with Gasteiger partial charge in [-0.2, -0.15) is 5.26 Å². The van der Waals surface area contributed by atoms with Crippen molar-refractivity contribution in [1.29, 1.82) is 5.26 Å². The number of benzene rings is 2. The monoisotopic (exact) mass is 290 g/mol. The summed E-state index contributed by atoms with van der Waals surface area (Å²) in [6, 6.07) is 17.2. The van der Waals surface area contributed by atoms with Crippen molar-refractivity contribution >= 4 is 0 Å². The molecule has 0 radical (unpaired) electrons. The molecule has 1 atom stereocenters. The minimum Gasteiger partial charge on any atom is -0.306 e. The molecule has 1 N–H and O–H groups in total. The molecule has 0 aliphatic heterocycles. The van der Waals surface area contributed by atoms with E-state index >= 15 is 0 Å². The predicted molar refractivity (Wildman–Crippen MR) is 89.5 cm³/mol. The number of nitriles is 1. The van der Waals surface area contributed by atoms with Gasteiger partial charge >= 0.3 is 0 Å². The fraction of sp³-hybridized carbons (Fsp3) is 0.350. The Hall–Kier alpha value is -2.11. The Morgan fingerprint density at radius 2 is 1.91 bits per heavy atom. The standard InChI is InChI=1S/C20H22N2/c1-15(22-14-17-6-4-5-16(11-17)13-21)19-10-9-18-7-2-3-8-20(18)12-19/h4-6,9-12,15,22H,2-3,7-8,14H2,1H3/t15-/m0/s1. The maximum atomic E-state index is 8.96. The number of hydrogen-bond donors (Lipinski definition) is 1. The zero-order chi connectivity index (χ0) is 15.4. The van der Waals surface area contributed by atoms with Crippen LogP contribution in [0.15, 0.2) is 42.5 Å². The molecule has 1 aliphatic carbocycles. The van der Waals surface area contributed by atoms with Crippen LogP contribution in [0.5, 0.6) is 0 Å². The average molecular weight is 290 g/mol. The summed E-state index contributed by atoms with van der Waals surface area (Å²) in [5.74, 6) is 0. The van der Waals surface area contributed by atoms with E-state index in [1.165, 1.54) is 42.4 Å². The number of nitrogens with zero attached hydrogens (tertiary/aromatic N) is 1. The molecule has 2 aromatic rings. The Morgan fingerprint density at radius 1 is 1.09 bits per heavy atom. The van der Waals surface area contributed by atoms with Crippen LogP contribution in [-0.2, 0) is 19.4 Å². The number of rotatable bonds is 4. The Balaban J connectivity index is 1.66. The van der Waals surface area contributed by atoms with E-state index < -0.39 is 0 Å². The lowest BCUT2D eigenvalue weighted by Crippen LogP contribution is -2.18. The molecule has 0 fully saturated rings. The smallest absolute Gasteiger partial charge is 0.0991 e. The van der Waals surface area contributed by atoms with Gasteiger partial charge in [0.25, 0.3) is 0 Å². The van der Waals surface area contributed by atoms with E-state index in [0.717, 1.165) is 17.7 Å². The van der Waals surface area contributed by atoms with Crippen molar-refractivity contribution in [1.82, 2.24) is 5.32 Å². The predicted octanol–water partition coefficient (Wildman–Crippen LogP) is 4.29. The lowest BCUT2D eigenvalue weighted by Gasteiger charge is -2.20. The summed E-state index contributed by atoms with van der Waals surface area (Å²) in [5, 5.41) is 12.5. The topological polar surface area (TPSA) is 35.8 Å². The molecule has 0 spiro atoms. The summed E-state index contributed by atoms with van der Waals surface area (Å²) < 4.78 is 0. The number of nitrogens with one attached hydrogen (secondary N) is 1. The van der Waals surface area contributed by atoms with Crippen LogP contribution in [0.1, 0.15) is 53.6 Å². The van der Waals surface area contributed by atoms with Crippen LogP contribution in [0.3, 0.4) is 0 Å². The van der Waals surface area contributed by atoms with Gasteiger partial charge in [-0.25, -0.2) is 0 Å². The summed E-state index contributed by atoms with van der Waals surface area (Å²) in [7, 11) is 0. The van der Waals surface area contributed by atoms with Crippen molar-refractivity contribution in [3.05, 3.63) is 70.3 Å². The van der Waals surface area contributed by atoms with Gasteiger partial charge < -0.3 is 5.32 Å². The van der Waals surface area contributed by atoms with E-state index in [-0.39, 0.29) is 0 Å². The molecule has 0 bridgehead atoms. The van der Waals surface area contributed by atoms with Crippen molar-refractivity contribution < 1.29 is 0 Å². The van der Waals surface area contributed by atoms with Gasteiger partial charge in [-0.3, -0.25) is 0 Å². The lowest BCUT2D eigenvalue weighted by molar-refractivity contribution is 0.572. The fourth-order valence-corrected chi connectivity index (χ4v) is 3.16. The van der Waals surface area contributed by atoms with Crippen LogP contribution < -0.4 is 5.32 Å². The lowest BCUT2D eigenvalue weighted by atomic mass is 9.89. The zero-order valence-electron chi connectivity index (χ0n) is 13.1. The Labute approximate surface area is 132 Å². The van der Waals surface area contributed by atoms with E-state index in [0.29, 0.717) is 6.04 Å². The molecule has 3 rings (SSSR count). The van der Waals surface area contributed by atoms with Gasteiger partial charge in [-0.15, -0.1) is 0 Å². The Bertz CT molecular complexity index is 697. The molecule has 0 saturated carbocycles. The molecule has 1 aliphatic rings. The van der Waals surface area contributed by atoms with E-state index in [2.05, 4.69) is 42.6 Å². The average Bonchev–Trinajstić information content (AvgIpc) is 2.59. The van der Waals surface area contributed by atoms with E-state index in [4.69, 9.17) is 5.26 Å². The van der Waals surface area contributed by atoms with Gasteiger partial charge in [-0.1, -0.05) is 30.3 Å². The van der Waals surface area contributed by atoms with Crippen LogP contribution in [-0.4, -0.2) is 0 Å². The fourth-order valence-electron chi connectivity index (χ4n) is 3.16. The highest BCUT2D eigenvalue weighted by Crippen LogP contribution is 2.24. The van der Waals surface area contributed by atoms with Crippen LogP contribution in [0.4, 0.5) is 0 Å². The SMILES string of the molecule is C[C@H](NCc1cccc(C#N)c1)c1ccc2c(c1)CCCC2. The summed E-state index contributed by atoms with van der Waals surface area (Å²) >= 11 is 0. The first-order valence-electron chi connectivity index (χ1n) is 8.10. The Kier molecular flexibility index (Phi) is 4.56. The second kappa shape index (κ2) is 6.77. The van der Waals surface area contributed by atoms with Crippen LogP contribution in [0, 0.1) is 11.3 Å². The minimum atomic E-state index is 0.318. The third-order valence-electron chi connectivity index (χ3n) is 4.54. The summed E-state index contributed by atoms with van der Waals surface area (Å²) in [6.07, 6.45) is 5.10. The van der Waals surface area contributed by atoms with Crippen LogP contribution in [0.2, 0.25) is 0 Å². The molecule has 0 aromatic heterocycles. The van der Waals surface area contributed by atoms with Crippen LogP contribution in [0.25, 0.3) is 0 Å². The molecule has 0 saturated heterocycles. The van der Waals surface area contributed by atoms with Gasteiger partial charge in [0.2, 0.25) is 0 Å². The van der Waals surface area contributed by atoms with Crippen molar-refractivity contribution in [3.8, 4) is 6.07 Å². The van der Waals surface area contributed by atoms with Crippen molar-refractivity contribution in [2.24, 2.45) is 0 Å². The number of fused-ring (bicyclic) bond motifs is 1. The molecular formula is C20H22N2. The van der Waals surface area contributed by atoms with Gasteiger partial charge in [0, 0.05) is 12.6 Å². The molecule has 0 amide bonds. The normalized spacial score (nSPS) is 14.9. The van der Waals surface area contributed by atoms with Crippen molar-refractivity contribution in [3.63, 3.8) is 0 Å². The van der Waals surface area contributed by atoms with Gasteiger partial charge in [0.05, 0.1) is 11.6 Å². The molecule has 22 heavy (non-hydrogen) atoms. The second-order valence-electron chi connectivity index (χ2n) is 6.15. The number of aryl methyl sites for hydroxylation is 2. The summed E-state index contributed by atoms with van der Waals surface area (Å²) in [5.41, 5.74) is 6.30. The van der Waals surface area contributed by atoms with Gasteiger partial charge in [0.1, 0.15) is 0 Å². The van der Waals surface area contributed by atoms with E-state index in [9.17, 15) is 0 Å². The highest BCUT2D eigenvalue weighted by Gasteiger charge is 2.12. The zero-order valence-corrected chi connectivity index (χ0v) is 13.1. The van der Waals surface area contributed by atoms with Crippen molar-refractivity contribution in [2.45, 2.75) is 45.2 Å². The van der Waals surface area contributed by atoms with E-state index in [1.807, 2.05) is 18.2 Å². The minimum absolute atomic E-state index is 0.318.